The van der Waals surface area contributed by atoms with Crippen LogP contribution in [0.4, 0.5) is 15.9 Å². The highest BCUT2D eigenvalue weighted by Gasteiger charge is 2.21. The number of aromatic amines is 2. The lowest BCUT2D eigenvalue weighted by Gasteiger charge is -2.07. The summed E-state index contributed by atoms with van der Waals surface area (Å²) >= 11 is 1.07. The Kier molecular flexibility index (Phi) is 6.17. The minimum atomic E-state index is -0.254. The van der Waals surface area contributed by atoms with Crippen LogP contribution in [-0.4, -0.2) is 36.0 Å². The Morgan fingerprint density at radius 2 is 1.88 bits per heavy atom. The molecule has 41 heavy (non-hydrogen) atoms. The Labute approximate surface area is 236 Å². The van der Waals surface area contributed by atoms with Gasteiger partial charge in [0.15, 0.2) is 22.4 Å². The van der Waals surface area contributed by atoms with Crippen LogP contribution in [0.25, 0.3) is 39.3 Å². The molecule has 0 atom stereocenters. The molecule has 4 N–H and O–H groups in total. The number of H-pyrrole nitrogens is 2. The van der Waals surface area contributed by atoms with Crippen molar-refractivity contribution in [2.75, 3.05) is 10.6 Å². The fourth-order valence-corrected chi connectivity index (χ4v) is 5.46. The van der Waals surface area contributed by atoms with E-state index in [1.807, 2.05) is 54.6 Å². The second-order valence-electron chi connectivity index (χ2n) is 9.36. The fraction of sp³-hybridized carbons (Fsp3) is 0.0333. The molecule has 1 aliphatic rings. The van der Waals surface area contributed by atoms with Crippen LogP contribution in [0.15, 0.2) is 91.5 Å². The molecule has 1 amide bonds. The van der Waals surface area contributed by atoms with Crippen molar-refractivity contribution < 1.29 is 9.18 Å². The molecule has 9 nitrogen and oxygen atoms in total. The number of thiophene rings is 1. The van der Waals surface area contributed by atoms with Crippen molar-refractivity contribution in [3.8, 4) is 22.6 Å². The smallest absolute Gasteiger partial charge is 0.228 e. The van der Waals surface area contributed by atoms with Gasteiger partial charge in [-0.15, -0.1) is 11.3 Å². The number of nitrogens with zero attached hydrogens (tertiary/aromatic N) is 4. The van der Waals surface area contributed by atoms with Gasteiger partial charge in [0.2, 0.25) is 5.91 Å². The molecule has 0 radical (unpaired) electrons. The Balaban J connectivity index is 1.19. The number of carbonyl (C=O) groups is 1. The molecule has 0 aliphatic carbocycles. The topological polar surface area (TPSA) is 124 Å². The fourth-order valence-electron chi connectivity index (χ4n) is 4.70. The van der Waals surface area contributed by atoms with E-state index in [1.165, 1.54) is 6.07 Å². The van der Waals surface area contributed by atoms with Crippen molar-refractivity contribution in [3.05, 3.63) is 113 Å². The van der Waals surface area contributed by atoms with E-state index in [1.54, 1.807) is 30.9 Å². The van der Waals surface area contributed by atoms with Gasteiger partial charge in [0, 0.05) is 40.2 Å². The summed E-state index contributed by atoms with van der Waals surface area (Å²) in [6.07, 6.45) is 10.9. The number of aromatic nitrogens is 6. The lowest BCUT2D eigenvalue weighted by Crippen LogP contribution is -2.14. The van der Waals surface area contributed by atoms with Gasteiger partial charge in [-0.1, -0.05) is 30.3 Å². The molecule has 7 rings (SSSR count). The number of allylic oxidation sites excluding steroid dienone is 2. The number of halogens is 1. The first-order chi connectivity index (χ1) is 20.1. The molecule has 0 spiro atoms. The van der Waals surface area contributed by atoms with Crippen molar-refractivity contribution in [2.24, 2.45) is 0 Å². The van der Waals surface area contributed by atoms with Crippen molar-refractivity contribution in [1.82, 2.24) is 30.1 Å². The van der Waals surface area contributed by atoms with Crippen LogP contribution in [0.5, 0.6) is 0 Å². The molecule has 5 aromatic heterocycles. The maximum absolute atomic E-state index is 13.8. The van der Waals surface area contributed by atoms with Crippen LogP contribution in [0.1, 0.15) is 16.1 Å². The Hall–Kier alpha value is -5.42. The summed E-state index contributed by atoms with van der Waals surface area (Å²) < 4.78 is 13.8. The van der Waals surface area contributed by atoms with E-state index in [4.69, 9.17) is 4.98 Å². The van der Waals surface area contributed by atoms with Gasteiger partial charge in [-0.3, -0.25) is 14.9 Å². The number of hydrogen-bond acceptors (Lipinski definition) is 7. The number of imidazole rings is 1. The second kappa shape index (κ2) is 10.3. The van der Waals surface area contributed by atoms with Crippen LogP contribution in [0.3, 0.4) is 0 Å². The van der Waals surface area contributed by atoms with Crippen LogP contribution < -0.4 is 10.6 Å². The molecule has 6 aromatic rings. The third-order valence-corrected chi connectivity index (χ3v) is 7.51. The van der Waals surface area contributed by atoms with Gasteiger partial charge in [0.05, 0.1) is 29.4 Å². The van der Waals surface area contributed by atoms with E-state index in [0.29, 0.717) is 28.7 Å². The molecule has 0 unspecified atom stereocenters. The summed E-state index contributed by atoms with van der Waals surface area (Å²) in [6, 6.07) is 16.6. The number of benzene rings is 1. The largest absolute Gasteiger partial charge is 0.345 e. The maximum Gasteiger partial charge on any atom is 0.228 e. The first-order valence-electron chi connectivity index (χ1n) is 12.7. The first-order valence-corrected chi connectivity index (χ1v) is 13.6. The molecule has 1 aliphatic heterocycles. The summed E-state index contributed by atoms with van der Waals surface area (Å²) in [4.78, 5) is 30.4. The van der Waals surface area contributed by atoms with Crippen LogP contribution >= 0.6 is 11.3 Å². The number of rotatable bonds is 6. The Morgan fingerprint density at radius 3 is 2.73 bits per heavy atom. The molecule has 6 heterocycles. The number of fused-ring (bicyclic) bond motifs is 2. The predicted molar refractivity (Wildman–Crippen MR) is 158 cm³/mol. The number of hydrogen-bond donors (Lipinski definition) is 4. The average Bonchev–Trinajstić information content (AvgIpc) is 3.69. The van der Waals surface area contributed by atoms with Crippen LogP contribution in [-0.2, 0) is 11.2 Å². The molecule has 0 saturated carbocycles. The van der Waals surface area contributed by atoms with Crippen LogP contribution in [0.2, 0.25) is 0 Å². The summed E-state index contributed by atoms with van der Waals surface area (Å²) in [5.74, 6) is 1.05. The molecular formula is C30H21FN8OS. The number of nitrogens with one attached hydrogen (secondary N) is 4. The average molecular weight is 561 g/mol. The first kappa shape index (κ1) is 24.6. The standard InChI is InChI=1S/C30H21FN8OS/c31-24-9-8-23(41-24)21-7-4-10-33-29-26(21)36-30(37-29)27-22-13-19(15-34-28(22)39-38-27)18-12-20(16-32-14-18)35-25(40)11-17-5-2-1-3-6-17/h1-10,12-16,33H,11H2,(H,35,40)(H,36,37)(H,34,38,39). The van der Waals surface area contributed by atoms with E-state index >= 15 is 0 Å². The van der Waals surface area contributed by atoms with Gasteiger partial charge in [0.1, 0.15) is 5.69 Å². The van der Waals surface area contributed by atoms with E-state index in [2.05, 4.69) is 35.8 Å². The summed E-state index contributed by atoms with van der Waals surface area (Å²) in [7, 11) is 0. The highest BCUT2D eigenvalue weighted by Crippen LogP contribution is 2.36. The number of carbonyl (C=O) groups excluding carboxylic acids is 1. The lowest BCUT2D eigenvalue weighted by molar-refractivity contribution is -0.115. The molecular weight excluding hydrogens is 539 g/mol. The summed E-state index contributed by atoms with van der Waals surface area (Å²) in [5.41, 5.74) is 5.86. The van der Waals surface area contributed by atoms with Crippen LogP contribution in [0, 0.1) is 5.13 Å². The van der Waals surface area contributed by atoms with Gasteiger partial charge in [-0.2, -0.15) is 9.49 Å². The highest BCUT2D eigenvalue weighted by molar-refractivity contribution is 7.11. The van der Waals surface area contributed by atoms with Gasteiger partial charge in [0.25, 0.3) is 0 Å². The molecule has 0 fully saturated rings. The van der Waals surface area contributed by atoms with E-state index in [0.717, 1.165) is 49.6 Å². The normalized spacial score (nSPS) is 12.5. The van der Waals surface area contributed by atoms with Crippen molar-refractivity contribution in [2.45, 2.75) is 6.42 Å². The SMILES string of the molecule is O=C(Cc1ccccc1)Nc1cncc(-c2cnc3n[nH]c(-c4nc5c([nH]4)C(c4ccc(F)s4)=CC=CN5)c3c2)c1. The monoisotopic (exact) mass is 560 g/mol. The molecule has 1 aromatic carbocycles. The van der Waals surface area contributed by atoms with Crippen molar-refractivity contribution in [1.29, 1.82) is 0 Å². The summed E-state index contributed by atoms with van der Waals surface area (Å²) in [5, 5.41) is 14.0. The van der Waals surface area contributed by atoms with Crippen molar-refractivity contribution >= 4 is 45.4 Å². The van der Waals surface area contributed by atoms with Gasteiger partial charge in [-0.05, 0) is 42.0 Å². The van der Waals surface area contributed by atoms with E-state index in [9.17, 15) is 9.18 Å². The van der Waals surface area contributed by atoms with Gasteiger partial charge < -0.3 is 15.6 Å². The van der Waals surface area contributed by atoms with Gasteiger partial charge >= 0.3 is 0 Å². The second-order valence-corrected chi connectivity index (χ2v) is 10.4. The minimum Gasteiger partial charge on any atom is -0.345 e. The minimum absolute atomic E-state index is 0.124. The molecule has 11 heteroatoms. The zero-order chi connectivity index (χ0) is 27.8. The van der Waals surface area contributed by atoms with E-state index in [-0.39, 0.29) is 17.5 Å². The Bertz CT molecular complexity index is 1970. The Morgan fingerprint density at radius 1 is 1.00 bits per heavy atom. The van der Waals surface area contributed by atoms with Crippen molar-refractivity contribution in [3.63, 3.8) is 0 Å². The highest BCUT2D eigenvalue weighted by atomic mass is 32.1. The zero-order valence-corrected chi connectivity index (χ0v) is 22.2. The third kappa shape index (κ3) is 4.90. The molecule has 0 bridgehead atoms. The number of pyridine rings is 2. The maximum atomic E-state index is 13.8. The predicted octanol–water partition coefficient (Wildman–Crippen LogP) is 6.16. The zero-order valence-electron chi connectivity index (χ0n) is 21.4. The third-order valence-electron chi connectivity index (χ3n) is 6.60. The van der Waals surface area contributed by atoms with Gasteiger partial charge in [-0.25, -0.2) is 9.97 Å². The summed E-state index contributed by atoms with van der Waals surface area (Å²) in [6.45, 7) is 0. The lowest BCUT2D eigenvalue weighted by atomic mass is 10.1. The molecule has 0 saturated heterocycles. The van der Waals surface area contributed by atoms with E-state index < -0.39 is 0 Å². The number of amides is 1. The quantitative estimate of drug-likeness (QED) is 0.193. The number of anilines is 2. The molecule has 200 valence electrons.